The van der Waals surface area contributed by atoms with E-state index in [2.05, 4.69) is 193 Å². The van der Waals surface area contributed by atoms with Crippen LogP contribution in [0.1, 0.15) is 16.7 Å². The normalized spacial score (nSPS) is 11.9. The maximum absolute atomic E-state index is 6.27. The average Bonchev–Trinajstić information content (AvgIpc) is 3.79. The highest BCUT2D eigenvalue weighted by atomic mass is 32.1. The van der Waals surface area contributed by atoms with Crippen LogP contribution in [-0.2, 0) is 0 Å². The molecule has 10 aromatic rings. The summed E-state index contributed by atoms with van der Waals surface area (Å²) in [6.07, 6.45) is 2.30. The predicted octanol–water partition coefficient (Wildman–Crippen LogP) is 14.7. The van der Waals surface area contributed by atoms with Crippen LogP contribution < -0.4 is 4.90 Å². The number of fused-ring (bicyclic) bond motifs is 6. The Kier molecular flexibility index (Phi) is 7.71. The van der Waals surface area contributed by atoms with Gasteiger partial charge >= 0.3 is 0 Å². The van der Waals surface area contributed by atoms with Crippen molar-refractivity contribution in [2.75, 3.05) is 4.90 Å². The zero-order chi connectivity index (χ0) is 35.1. The summed E-state index contributed by atoms with van der Waals surface area (Å²) in [6.45, 7) is 0. The van der Waals surface area contributed by atoms with Gasteiger partial charge in [-0.2, -0.15) is 0 Å². The summed E-state index contributed by atoms with van der Waals surface area (Å²) >= 11 is 1.85. The van der Waals surface area contributed by atoms with Gasteiger partial charge < -0.3 is 9.32 Å². The van der Waals surface area contributed by atoms with E-state index in [1.54, 1.807) is 0 Å². The molecule has 0 saturated heterocycles. The monoisotopic (exact) mass is 695 g/mol. The zero-order valence-electron chi connectivity index (χ0n) is 28.8. The highest BCUT2D eigenvalue weighted by Gasteiger charge is 2.21. The molecule has 3 heteroatoms. The van der Waals surface area contributed by atoms with Gasteiger partial charge in [0.05, 0.1) is 5.69 Å². The fourth-order valence-electron chi connectivity index (χ4n) is 7.56. The molecule has 0 fully saturated rings. The predicted molar refractivity (Wildman–Crippen MR) is 227 cm³/mol. The molecule has 0 N–H and O–H groups in total. The van der Waals surface area contributed by atoms with Crippen molar-refractivity contribution < 1.29 is 4.42 Å². The van der Waals surface area contributed by atoms with E-state index in [0.717, 1.165) is 39.0 Å². The Balaban J connectivity index is 1.18. The zero-order valence-corrected chi connectivity index (χ0v) is 29.6. The molecule has 0 atom stereocenters. The quantitative estimate of drug-likeness (QED) is 0.154. The number of furan rings is 1. The van der Waals surface area contributed by atoms with Gasteiger partial charge in [-0.3, -0.25) is 0 Å². The molecular formula is C50H33NOS. The van der Waals surface area contributed by atoms with E-state index in [1.807, 2.05) is 23.5 Å². The fraction of sp³-hybridized carbons (Fsp3) is 0. The summed E-state index contributed by atoms with van der Waals surface area (Å²) in [5.74, 6) is 0. The summed E-state index contributed by atoms with van der Waals surface area (Å²) in [7, 11) is 0. The van der Waals surface area contributed by atoms with Gasteiger partial charge in [-0.05, 0) is 94.1 Å². The van der Waals surface area contributed by atoms with Crippen LogP contribution >= 0.6 is 11.3 Å². The van der Waals surface area contributed by atoms with Crippen molar-refractivity contribution in [3.63, 3.8) is 0 Å². The van der Waals surface area contributed by atoms with Crippen LogP contribution in [0.4, 0.5) is 17.1 Å². The maximum Gasteiger partial charge on any atom is 0.135 e. The number of hydrogen-bond donors (Lipinski definition) is 0. The van der Waals surface area contributed by atoms with Crippen molar-refractivity contribution in [2.24, 2.45) is 0 Å². The standard InChI is InChI=1S/C50H33NOS/c1-4-14-34(15-5-1)30-43(36-18-8-3-9-19-36)38-26-28-42-49(32-38)53-48-25-13-23-45(50(42)48)51(39-21-12-20-37(31-39)35-16-6-2-7-17-35)40-27-29-47-44(33-40)41-22-10-11-24-46(41)52-47/h1-33H/b43-30-. The van der Waals surface area contributed by atoms with Crippen molar-refractivity contribution >= 4 is 82.2 Å². The van der Waals surface area contributed by atoms with Gasteiger partial charge in [0.25, 0.3) is 0 Å². The molecule has 2 nitrogen and oxygen atoms in total. The Morgan fingerprint density at radius 2 is 1.15 bits per heavy atom. The molecule has 250 valence electrons. The number of rotatable bonds is 7. The summed E-state index contributed by atoms with van der Waals surface area (Å²) in [5.41, 5.74) is 12.2. The Hall–Kier alpha value is -6.68. The Morgan fingerprint density at radius 1 is 0.453 bits per heavy atom. The molecular weight excluding hydrogens is 663 g/mol. The first-order valence-corrected chi connectivity index (χ1v) is 18.7. The van der Waals surface area contributed by atoms with E-state index in [9.17, 15) is 0 Å². The Morgan fingerprint density at radius 3 is 2.00 bits per heavy atom. The first-order valence-electron chi connectivity index (χ1n) is 17.9. The molecule has 0 aliphatic heterocycles. The lowest BCUT2D eigenvalue weighted by molar-refractivity contribution is 0.669. The van der Waals surface area contributed by atoms with Crippen molar-refractivity contribution in [3.05, 3.63) is 211 Å². The van der Waals surface area contributed by atoms with Crippen LogP contribution in [0.25, 0.3) is 64.9 Å². The van der Waals surface area contributed by atoms with Crippen molar-refractivity contribution in [2.45, 2.75) is 0 Å². The molecule has 0 aliphatic carbocycles. The molecule has 0 amide bonds. The van der Waals surface area contributed by atoms with Gasteiger partial charge in [0.2, 0.25) is 0 Å². The fourth-order valence-corrected chi connectivity index (χ4v) is 8.73. The SMILES string of the molecule is C(=C(\c1ccccc1)c1ccc2c(c1)sc1cccc(N(c3cccc(-c4ccccc4)c3)c3ccc4oc5ccccc5c4c3)c12)/c1ccccc1. The second-order valence-corrected chi connectivity index (χ2v) is 14.4. The molecule has 0 aliphatic rings. The van der Waals surface area contributed by atoms with E-state index in [-0.39, 0.29) is 0 Å². The minimum Gasteiger partial charge on any atom is -0.456 e. The van der Waals surface area contributed by atoms with E-state index >= 15 is 0 Å². The van der Waals surface area contributed by atoms with Crippen molar-refractivity contribution in [3.8, 4) is 11.1 Å². The lowest BCUT2D eigenvalue weighted by atomic mass is 9.95. The third kappa shape index (κ3) is 5.68. The van der Waals surface area contributed by atoms with Gasteiger partial charge in [-0.1, -0.05) is 140 Å². The average molecular weight is 696 g/mol. The van der Waals surface area contributed by atoms with E-state index in [4.69, 9.17) is 4.42 Å². The van der Waals surface area contributed by atoms with E-state index in [0.29, 0.717) is 0 Å². The lowest BCUT2D eigenvalue weighted by Crippen LogP contribution is -2.10. The highest BCUT2D eigenvalue weighted by Crippen LogP contribution is 2.47. The second-order valence-electron chi connectivity index (χ2n) is 13.3. The smallest absolute Gasteiger partial charge is 0.135 e. The molecule has 0 bridgehead atoms. The molecule has 0 radical (unpaired) electrons. The van der Waals surface area contributed by atoms with Crippen LogP contribution in [0, 0.1) is 0 Å². The molecule has 2 heterocycles. The van der Waals surface area contributed by atoms with E-state index < -0.39 is 0 Å². The van der Waals surface area contributed by atoms with Gasteiger partial charge in [0.1, 0.15) is 11.2 Å². The molecule has 2 aromatic heterocycles. The van der Waals surface area contributed by atoms with Gasteiger partial charge in [0.15, 0.2) is 0 Å². The molecule has 0 unspecified atom stereocenters. The number of anilines is 3. The number of para-hydroxylation sites is 1. The minimum atomic E-state index is 0.887. The molecule has 0 spiro atoms. The minimum absolute atomic E-state index is 0.887. The topological polar surface area (TPSA) is 16.4 Å². The van der Waals surface area contributed by atoms with Crippen molar-refractivity contribution in [1.29, 1.82) is 0 Å². The Labute approximate surface area is 312 Å². The molecule has 53 heavy (non-hydrogen) atoms. The third-order valence-corrected chi connectivity index (χ3v) is 11.2. The summed E-state index contributed by atoms with van der Waals surface area (Å²) in [6, 6.07) is 69.4. The number of hydrogen-bond acceptors (Lipinski definition) is 3. The van der Waals surface area contributed by atoms with Crippen LogP contribution in [0.3, 0.4) is 0 Å². The second kappa shape index (κ2) is 13.1. The summed E-state index contributed by atoms with van der Waals surface area (Å²) in [4.78, 5) is 2.42. The lowest BCUT2D eigenvalue weighted by Gasteiger charge is -2.27. The van der Waals surface area contributed by atoms with Crippen LogP contribution in [0.5, 0.6) is 0 Å². The number of nitrogens with zero attached hydrogens (tertiary/aromatic N) is 1. The van der Waals surface area contributed by atoms with Crippen LogP contribution in [0.2, 0.25) is 0 Å². The first kappa shape index (κ1) is 31.1. The molecule has 0 saturated carbocycles. The summed E-state index contributed by atoms with van der Waals surface area (Å²) < 4.78 is 8.78. The van der Waals surface area contributed by atoms with Gasteiger partial charge in [-0.15, -0.1) is 11.3 Å². The Bertz CT molecular complexity index is 2940. The molecule has 8 aromatic carbocycles. The molecule has 10 rings (SSSR count). The van der Waals surface area contributed by atoms with Gasteiger partial charge in [-0.25, -0.2) is 0 Å². The number of thiophene rings is 1. The highest BCUT2D eigenvalue weighted by molar-refractivity contribution is 7.26. The maximum atomic E-state index is 6.27. The van der Waals surface area contributed by atoms with Gasteiger partial charge in [0, 0.05) is 42.3 Å². The van der Waals surface area contributed by atoms with Crippen molar-refractivity contribution in [1.82, 2.24) is 0 Å². The summed E-state index contributed by atoms with van der Waals surface area (Å²) in [5, 5.41) is 4.71. The van der Waals surface area contributed by atoms with E-state index in [1.165, 1.54) is 53.6 Å². The third-order valence-electron chi connectivity index (χ3n) is 10.1. The van der Waals surface area contributed by atoms with Crippen LogP contribution in [-0.4, -0.2) is 0 Å². The number of benzene rings is 8. The largest absolute Gasteiger partial charge is 0.456 e. The first-order chi connectivity index (χ1) is 26.3. The van der Waals surface area contributed by atoms with Crippen LogP contribution in [0.15, 0.2) is 199 Å².